The molecule has 16 heavy (non-hydrogen) atoms. The maximum atomic E-state index is 14.1. The summed E-state index contributed by atoms with van der Waals surface area (Å²) in [6, 6.07) is 3.65. The van der Waals surface area contributed by atoms with Gasteiger partial charge in [-0.05, 0) is 51.3 Å². The Morgan fingerprint density at radius 2 is 2.19 bits per heavy atom. The second-order valence-corrected chi connectivity index (χ2v) is 4.92. The van der Waals surface area contributed by atoms with Crippen molar-refractivity contribution in [3.63, 3.8) is 0 Å². The lowest BCUT2D eigenvalue weighted by Crippen LogP contribution is -2.33. The third kappa shape index (κ3) is 2.05. The van der Waals surface area contributed by atoms with Crippen molar-refractivity contribution in [2.45, 2.75) is 38.7 Å². The second kappa shape index (κ2) is 4.06. The van der Waals surface area contributed by atoms with E-state index in [1.165, 1.54) is 0 Å². The van der Waals surface area contributed by atoms with E-state index in [1.807, 2.05) is 19.9 Å². The Morgan fingerprint density at radius 3 is 2.88 bits per heavy atom. The van der Waals surface area contributed by atoms with Crippen LogP contribution < -0.4 is 10.5 Å². The van der Waals surface area contributed by atoms with Gasteiger partial charge in [0.15, 0.2) is 0 Å². The molecule has 3 heteroatoms. The lowest BCUT2D eigenvalue weighted by atomic mass is 9.92. The Hall–Kier alpha value is -1.09. The topological polar surface area (TPSA) is 35.2 Å². The summed E-state index contributed by atoms with van der Waals surface area (Å²) in [7, 11) is 0. The number of fused-ring (bicyclic) bond motifs is 1. The predicted molar refractivity (Wildman–Crippen MR) is 62.2 cm³/mol. The predicted octanol–water partition coefficient (Wildman–Crippen LogP) is 2.43. The molecule has 0 saturated carbocycles. The van der Waals surface area contributed by atoms with Crippen molar-refractivity contribution in [1.29, 1.82) is 0 Å². The van der Waals surface area contributed by atoms with E-state index in [1.54, 1.807) is 6.07 Å². The van der Waals surface area contributed by atoms with E-state index in [4.69, 9.17) is 10.5 Å². The minimum atomic E-state index is -0.186. The zero-order chi connectivity index (χ0) is 11.8. The van der Waals surface area contributed by atoms with Crippen LogP contribution in [0.4, 0.5) is 4.39 Å². The van der Waals surface area contributed by atoms with Crippen LogP contribution in [0.15, 0.2) is 12.1 Å². The van der Waals surface area contributed by atoms with Gasteiger partial charge in [0.1, 0.15) is 17.2 Å². The molecule has 2 nitrogen and oxygen atoms in total. The Labute approximate surface area is 95.6 Å². The van der Waals surface area contributed by atoms with Gasteiger partial charge >= 0.3 is 0 Å². The van der Waals surface area contributed by atoms with Gasteiger partial charge in [-0.2, -0.15) is 0 Å². The minimum Gasteiger partial charge on any atom is -0.487 e. The van der Waals surface area contributed by atoms with Gasteiger partial charge in [0, 0.05) is 5.56 Å². The summed E-state index contributed by atoms with van der Waals surface area (Å²) < 4.78 is 19.8. The number of hydrogen-bond donors (Lipinski definition) is 1. The normalized spacial score (nSPS) is 17.8. The molecule has 0 spiro atoms. The Morgan fingerprint density at radius 1 is 1.44 bits per heavy atom. The van der Waals surface area contributed by atoms with Gasteiger partial charge in [0.05, 0.1) is 0 Å². The molecule has 1 aromatic rings. The van der Waals surface area contributed by atoms with Crippen molar-refractivity contribution in [3.05, 3.63) is 29.1 Å². The minimum absolute atomic E-state index is 0.126. The fraction of sp³-hybridized carbons (Fsp3) is 0.538. The van der Waals surface area contributed by atoms with E-state index >= 15 is 0 Å². The van der Waals surface area contributed by atoms with E-state index in [2.05, 4.69) is 0 Å². The van der Waals surface area contributed by atoms with Crippen LogP contribution in [0.1, 0.15) is 31.4 Å². The molecule has 1 aliphatic rings. The highest BCUT2D eigenvalue weighted by atomic mass is 19.1. The fourth-order valence-electron chi connectivity index (χ4n) is 2.10. The van der Waals surface area contributed by atoms with E-state index in [9.17, 15) is 4.39 Å². The van der Waals surface area contributed by atoms with Crippen molar-refractivity contribution in [3.8, 4) is 5.75 Å². The van der Waals surface area contributed by atoms with Gasteiger partial charge in [-0.15, -0.1) is 0 Å². The molecule has 1 aliphatic heterocycles. The molecule has 0 fully saturated rings. The first-order valence-corrected chi connectivity index (χ1v) is 5.73. The first-order chi connectivity index (χ1) is 7.53. The number of hydrogen-bond acceptors (Lipinski definition) is 2. The van der Waals surface area contributed by atoms with E-state index in [-0.39, 0.29) is 11.4 Å². The lowest BCUT2D eigenvalue weighted by molar-refractivity contribution is 0.0831. The molecule has 88 valence electrons. The number of halogens is 1. The van der Waals surface area contributed by atoms with E-state index < -0.39 is 0 Å². The quantitative estimate of drug-likeness (QED) is 0.835. The van der Waals surface area contributed by atoms with Crippen molar-refractivity contribution in [2.24, 2.45) is 5.73 Å². The Kier molecular flexibility index (Phi) is 2.89. The van der Waals surface area contributed by atoms with Crippen LogP contribution in [-0.2, 0) is 12.8 Å². The Balaban J connectivity index is 2.37. The smallest absolute Gasteiger partial charge is 0.133 e. The molecule has 0 aliphatic carbocycles. The third-order valence-electron chi connectivity index (χ3n) is 3.06. The van der Waals surface area contributed by atoms with Crippen molar-refractivity contribution < 1.29 is 9.13 Å². The summed E-state index contributed by atoms with van der Waals surface area (Å²) in [6.07, 6.45) is 2.18. The van der Waals surface area contributed by atoms with Crippen LogP contribution in [-0.4, -0.2) is 12.1 Å². The zero-order valence-corrected chi connectivity index (χ0v) is 9.85. The summed E-state index contributed by atoms with van der Waals surface area (Å²) in [6.45, 7) is 4.53. The maximum absolute atomic E-state index is 14.1. The highest BCUT2D eigenvalue weighted by molar-refractivity contribution is 5.41. The summed E-state index contributed by atoms with van der Waals surface area (Å²) in [5.74, 6) is 0.563. The second-order valence-electron chi connectivity index (χ2n) is 4.92. The zero-order valence-electron chi connectivity index (χ0n) is 9.85. The average Bonchev–Trinajstić information content (AvgIpc) is 2.21. The molecule has 1 heterocycles. The molecule has 0 amide bonds. The van der Waals surface area contributed by atoms with E-state index in [0.717, 1.165) is 12.8 Å². The van der Waals surface area contributed by atoms with Crippen LogP contribution in [0.2, 0.25) is 0 Å². The molecule has 1 aromatic carbocycles. The molecule has 0 saturated heterocycles. The van der Waals surface area contributed by atoms with Crippen molar-refractivity contribution in [2.75, 3.05) is 6.54 Å². The van der Waals surface area contributed by atoms with E-state index in [0.29, 0.717) is 29.8 Å². The summed E-state index contributed by atoms with van der Waals surface area (Å²) >= 11 is 0. The summed E-state index contributed by atoms with van der Waals surface area (Å²) in [5, 5.41) is 0. The largest absolute Gasteiger partial charge is 0.487 e. The van der Waals surface area contributed by atoms with Gasteiger partial charge in [0.25, 0.3) is 0 Å². The molecule has 2 N–H and O–H groups in total. The average molecular weight is 223 g/mol. The SMILES string of the molecule is CC1(C)CCc2c(ccc(CCN)c2F)O1. The molecule has 0 aromatic heterocycles. The summed E-state index contributed by atoms with van der Waals surface area (Å²) in [5.41, 5.74) is 6.68. The number of rotatable bonds is 2. The van der Waals surface area contributed by atoms with Crippen LogP contribution in [0.5, 0.6) is 5.75 Å². The first-order valence-electron chi connectivity index (χ1n) is 5.73. The number of benzene rings is 1. The molecular weight excluding hydrogens is 205 g/mol. The highest BCUT2D eigenvalue weighted by Crippen LogP contribution is 2.35. The Bertz CT molecular complexity index is 401. The lowest BCUT2D eigenvalue weighted by Gasteiger charge is -2.33. The van der Waals surface area contributed by atoms with Crippen LogP contribution >= 0.6 is 0 Å². The molecule has 0 atom stereocenters. The fourth-order valence-corrected chi connectivity index (χ4v) is 2.10. The highest BCUT2D eigenvalue weighted by Gasteiger charge is 2.28. The van der Waals surface area contributed by atoms with Crippen LogP contribution in [0, 0.1) is 5.82 Å². The van der Waals surface area contributed by atoms with Gasteiger partial charge in [-0.3, -0.25) is 0 Å². The monoisotopic (exact) mass is 223 g/mol. The van der Waals surface area contributed by atoms with Crippen LogP contribution in [0.3, 0.4) is 0 Å². The number of ether oxygens (including phenoxy) is 1. The molecule has 0 radical (unpaired) electrons. The van der Waals surface area contributed by atoms with Gasteiger partial charge < -0.3 is 10.5 Å². The maximum Gasteiger partial charge on any atom is 0.133 e. The third-order valence-corrected chi connectivity index (χ3v) is 3.06. The summed E-state index contributed by atoms with van der Waals surface area (Å²) in [4.78, 5) is 0. The molecule has 2 rings (SSSR count). The van der Waals surface area contributed by atoms with Crippen molar-refractivity contribution in [1.82, 2.24) is 0 Å². The standard InChI is InChI=1S/C13H18FNO/c1-13(2)7-5-10-11(16-13)4-3-9(6-8-15)12(10)14/h3-4H,5-8,15H2,1-2H3. The first kappa shape index (κ1) is 11.4. The molecule has 0 bridgehead atoms. The molecular formula is C13H18FNO. The van der Waals surface area contributed by atoms with Gasteiger partial charge in [-0.1, -0.05) is 6.07 Å². The van der Waals surface area contributed by atoms with Crippen molar-refractivity contribution >= 4 is 0 Å². The van der Waals surface area contributed by atoms with Gasteiger partial charge in [-0.25, -0.2) is 4.39 Å². The van der Waals surface area contributed by atoms with Gasteiger partial charge in [0.2, 0.25) is 0 Å². The molecule has 0 unspecified atom stereocenters. The number of nitrogens with two attached hydrogens (primary N) is 1. The van der Waals surface area contributed by atoms with Crippen LogP contribution in [0.25, 0.3) is 0 Å².